The summed E-state index contributed by atoms with van der Waals surface area (Å²) in [4.78, 5) is 25.3. The van der Waals surface area contributed by atoms with Crippen LogP contribution in [0.25, 0.3) is 0 Å². The van der Waals surface area contributed by atoms with Crippen LogP contribution in [0.2, 0.25) is 0 Å². The van der Waals surface area contributed by atoms with Crippen molar-refractivity contribution in [2.75, 3.05) is 18.0 Å². The Morgan fingerprint density at radius 1 is 1.10 bits per heavy atom. The molecule has 0 bridgehead atoms. The minimum absolute atomic E-state index is 0.0409. The third-order valence-corrected chi connectivity index (χ3v) is 6.27. The molecule has 1 unspecified atom stereocenters. The first-order valence-corrected chi connectivity index (χ1v) is 11.1. The number of nitrogens with one attached hydrogen (secondary N) is 1. The summed E-state index contributed by atoms with van der Waals surface area (Å²) in [5.74, 6) is 0.935. The lowest BCUT2D eigenvalue weighted by Crippen LogP contribution is -2.43. The van der Waals surface area contributed by atoms with Crippen molar-refractivity contribution in [1.82, 2.24) is 15.3 Å². The van der Waals surface area contributed by atoms with Crippen LogP contribution >= 0.6 is 11.8 Å². The van der Waals surface area contributed by atoms with Crippen LogP contribution in [0.3, 0.4) is 0 Å². The topological polar surface area (TPSA) is 58.1 Å². The number of carbonyl (C=O) groups is 1. The second-order valence-corrected chi connectivity index (χ2v) is 8.65. The molecule has 1 fully saturated rings. The van der Waals surface area contributed by atoms with Crippen LogP contribution in [-0.2, 0) is 11.3 Å². The van der Waals surface area contributed by atoms with E-state index in [9.17, 15) is 4.79 Å². The van der Waals surface area contributed by atoms with Crippen LogP contribution in [0, 0.1) is 12.8 Å². The summed E-state index contributed by atoms with van der Waals surface area (Å²) in [6.45, 7) is 4.19. The summed E-state index contributed by atoms with van der Waals surface area (Å²) in [5.41, 5.74) is 2.35. The average Bonchev–Trinajstić information content (AvgIpc) is 2.80. The molecule has 3 aromatic rings. The van der Waals surface area contributed by atoms with E-state index in [1.54, 1.807) is 24.2 Å². The molecule has 6 heteroatoms. The SMILES string of the molecule is Cc1ccc(CNC(=O)C2CCCN(c3nccnc3Sc3ccccc3)C2)cc1. The summed E-state index contributed by atoms with van der Waals surface area (Å²) in [5, 5.41) is 3.99. The lowest BCUT2D eigenvalue weighted by Gasteiger charge is -2.33. The highest BCUT2D eigenvalue weighted by Crippen LogP contribution is 2.33. The van der Waals surface area contributed by atoms with Crippen molar-refractivity contribution in [3.05, 3.63) is 78.1 Å². The number of piperidine rings is 1. The maximum absolute atomic E-state index is 12.8. The standard InChI is InChI=1S/C24H26N4OS/c1-18-9-11-19(12-10-18)16-27-23(29)20-6-5-15-28(17-20)22-24(26-14-13-25-22)30-21-7-3-2-4-8-21/h2-4,7-14,20H,5-6,15-17H2,1H3,(H,27,29). The van der Waals surface area contributed by atoms with Gasteiger partial charge in [0.2, 0.25) is 5.91 Å². The minimum Gasteiger partial charge on any atom is -0.354 e. The molecule has 0 aliphatic carbocycles. The van der Waals surface area contributed by atoms with E-state index in [1.807, 2.05) is 18.2 Å². The van der Waals surface area contributed by atoms with E-state index in [-0.39, 0.29) is 11.8 Å². The van der Waals surface area contributed by atoms with Crippen molar-refractivity contribution >= 4 is 23.5 Å². The quantitative estimate of drug-likeness (QED) is 0.640. The first kappa shape index (κ1) is 20.4. The fourth-order valence-corrected chi connectivity index (χ4v) is 4.53. The van der Waals surface area contributed by atoms with Gasteiger partial charge in [-0.2, -0.15) is 0 Å². The fourth-order valence-electron chi connectivity index (χ4n) is 3.63. The van der Waals surface area contributed by atoms with Gasteiger partial charge in [-0.15, -0.1) is 0 Å². The molecule has 1 atom stereocenters. The van der Waals surface area contributed by atoms with Crippen LogP contribution in [0.1, 0.15) is 24.0 Å². The Bertz CT molecular complexity index is 978. The molecule has 1 aromatic heterocycles. The highest BCUT2D eigenvalue weighted by molar-refractivity contribution is 7.99. The predicted molar refractivity (Wildman–Crippen MR) is 121 cm³/mol. The van der Waals surface area contributed by atoms with Gasteiger partial charge < -0.3 is 10.2 Å². The van der Waals surface area contributed by atoms with Crippen LogP contribution in [0.5, 0.6) is 0 Å². The molecule has 4 rings (SSSR count). The highest BCUT2D eigenvalue weighted by atomic mass is 32.2. The summed E-state index contributed by atoms with van der Waals surface area (Å²) < 4.78 is 0. The summed E-state index contributed by atoms with van der Waals surface area (Å²) >= 11 is 1.61. The normalized spacial score (nSPS) is 16.3. The molecule has 2 heterocycles. The molecular formula is C24H26N4OS. The first-order chi connectivity index (χ1) is 14.7. The van der Waals surface area contributed by atoms with Crippen LogP contribution in [0.4, 0.5) is 5.82 Å². The second-order valence-electron chi connectivity index (χ2n) is 7.59. The summed E-state index contributed by atoms with van der Waals surface area (Å²) in [6.07, 6.45) is 5.32. The van der Waals surface area contributed by atoms with E-state index in [1.165, 1.54) is 5.56 Å². The van der Waals surface area contributed by atoms with Crippen molar-refractivity contribution < 1.29 is 4.79 Å². The molecule has 2 aromatic carbocycles. The largest absolute Gasteiger partial charge is 0.354 e. The van der Waals surface area contributed by atoms with E-state index >= 15 is 0 Å². The number of aromatic nitrogens is 2. The predicted octanol–water partition coefficient (Wildman–Crippen LogP) is 4.47. The van der Waals surface area contributed by atoms with Gasteiger partial charge >= 0.3 is 0 Å². The molecule has 1 aliphatic rings. The van der Waals surface area contributed by atoms with Gasteiger partial charge in [0.15, 0.2) is 5.82 Å². The number of hydrogen-bond acceptors (Lipinski definition) is 5. The Labute approximate surface area is 181 Å². The van der Waals surface area contributed by atoms with E-state index in [0.29, 0.717) is 13.1 Å². The smallest absolute Gasteiger partial charge is 0.225 e. The van der Waals surface area contributed by atoms with Gasteiger partial charge in [0.1, 0.15) is 5.03 Å². The van der Waals surface area contributed by atoms with Crippen molar-refractivity contribution in [3.8, 4) is 0 Å². The van der Waals surface area contributed by atoms with Gasteiger partial charge in [0.25, 0.3) is 0 Å². The van der Waals surface area contributed by atoms with Gasteiger partial charge in [0, 0.05) is 36.9 Å². The lowest BCUT2D eigenvalue weighted by molar-refractivity contribution is -0.125. The van der Waals surface area contributed by atoms with E-state index < -0.39 is 0 Å². The number of benzene rings is 2. The maximum Gasteiger partial charge on any atom is 0.225 e. The molecule has 0 radical (unpaired) electrons. The fraction of sp³-hybridized carbons (Fsp3) is 0.292. The molecule has 30 heavy (non-hydrogen) atoms. The zero-order chi connectivity index (χ0) is 20.8. The number of nitrogens with zero attached hydrogens (tertiary/aromatic N) is 3. The van der Waals surface area contributed by atoms with Gasteiger partial charge in [-0.3, -0.25) is 4.79 Å². The number of anilines is 1. The number of amides is 1. The van der Waals surface area contributed by atoms with Crippen LogP contribution in [0.15, 0.2) is 76.9 Å². The zero-order valence-electron chi connectivity index (χ0n) is 17.1. The first-order valence-electron chi connectivity index (χ1n) is 10.3. The lowest BCUT2D eigenvalue weighted by atomic mass is 9.97. The third-order valence-electron chi connectivity index (χ3n) is 5.28. The Morgan fingerprint density at radius 3 is 2.67 bits per heavy atom. The maximum atomic E-state index is 12.8. The van der Waals surface area contributed by atoms with Crippen LogP contribution < -0.4 is 10.2 Å². The number of hydrogen-bond donors (Lipinski definition) is 1. The van der Waals surface area contributed by atoms with E-state index in [4.69, 9.17) is 0 Å². The highest BCUT2D eigenvalue weighted by Gasteiger charge is 2.28. The Morgan fingerprint density at radius 2 is 1.87 bits per heavy atom. The zero-order valence-corrected chi connectivity index (χ0v) is 17.9. The Hall–Kier alpha value is -2.86. The molecule has 1 saturated heterocycles. The molecule has 1 aliphatic heterocycles. The molecule has 1 amide bonds. The molecular weight excluding hydrogens is 392 g/mol. The number of carbonyl (C=O) groups excluding carboxylic acids is 1. The second kappa shape index (κ2) is 9.76. The number of aryl methyl sites for hydroxylation is 1. The van der Waals surface area contributed by atoms with Crippen molar-refractivity contribution in [2.45, 2.75) is 36.2 Å². The molecule has 1 N–H and O–H groups in total. The van der Waals surface area contributed by atoms with Crippen molar-refractivity contribution in [2.24, 2.45) is 5.92 Å². The summed E-state index contributed by atoms with van der Waals surface area (Å²) in [7, 11) is 0. The van der Waals surface area contributed by atoms with Crippen molar-refractivity contribution in [3.63, 3.8) is 0 Å². The Kier molecular flexibility index (Phi) is 6.64. The molecule has 0 spiro atoms. The average molecular weight is 419 g/mol. The minimum atomic E-state index is -0.0409. The number of rotatable bonds is 6. The van der Waals surface area contributed by atoms with Crippen LogP contribution in [-0.4, -0.2) is 29.0 Å². The summed E-state index contributed by atoms with van der Waals surface area (Å²) in [6, 6.07) is 18.5. The monoisotopic (exact) mass is 418 g/mol. The van der Waals surface area contributed by atoms with E-state index in [0.717, 1.165) is 40.7 Å². The van der Waals surface area contributed by atoms with Gasteiger partial charge in [-0.05, 0) is 37.5 Å². The molecule has 154 valence electrons. The van der Waals surface area contributed by atoms with E-state index in [2.05, 4.69) is 63.5 Å². The Balaban J connectivity index is 1.41. The van der Waals surface area contributed by atoms with Crippen molar-refractivity contribution in [1.29, 1.82) is 0 Å². The third kappa shape index (κ3) is 5.19. The van der Waals surface area contributed by atoms with Gasteiger partial charge in [-0.1, -0.05) is 59.8 Å². The molecule has 5 nitrogen and oxygen atoms in total. The van der Waals surface area contributed by atoms with Gasteiger partial charge in [-0.25, -0.2) is 9.97 Å². The molecule has 0 saturated carbocycles. The van der Waals surface area contributed by atoms with Gasteiger partial charge in [0.05, 0.1) is 5.92 Å².